The van der Waals surface area contributed by atoms with E-state index >= 15 is 0 Å². The molecule has 0 bridgehead atoms. The second-order valence-corrected chi connectivity index (χ2v) is 13.0. The highest BCUT2D eigenvalue weighted by Gasteiger charge is 2.00. The van der Waals surface area contributed by atoms with Gasteiger partial charge in [-0.25, -0.2) is 0 Å². The Morgan fingerprint density at radius 2 is 0.683 bits per heavy atom. The summed E-state index contributed by atoms with van der Waals surface area (Å²) in [6, 6.07) is 0. The molecule has 1 N–H and O–H groups in total. The highest BCUT2D eigenvalue weighted by atomic mass is 16.3. The summed E-state index contributed by atoms with van der Waals surface area (Å²) < 4.78 is 0. The van der Waals surface area contributed by atoms with E-state index in [0.29, 0.717) is 12.5 Å². The van der Waals surface area contributed by atoms with Crippen LogP contribution in [-0.4, -0.2) is 11.7 Å². The predicted octanol–water partition coefficient (Wildman–Crippen LogP) is 13.1. The number of aliphatic hydroxyl groups excluding tert-OH is 1. The number of hydrogen-bond acceptors (Lipinski definition) is 1. The van der Waals surface area contributed by atoms with Crippen LogP contribution in [-0.2, 0) is 0 Å². The van der Waals surface area contributed by atoms with Gasteiger partial charge >= 0.3 is 0 Å². The zero-order valence-electron chi connectivity index (χ0n) is 28.9. The normalized spacial score (nSPS) is 15.0. The monoisotopic (exact) mass is 565 g/mol. The minimum atomic E-state index is 0.313. The van der Waals surface area contributed by atoms with Gasteiger partial charge in [-0.2, -0.15) is 0 Å². The molecular weight excluding hydrogens is 496 g/mol. The lowest BCUT2D eigenvalue weighted by Gasteiger charge is -2.07. The van der Waals surface area contributed by atoms with Crippen molar-refractivity contribution in [1.29, 1.82) is 0 Å². The third kappa shape index (κ3) is 26.8. The number of rotatable bonds is 23. The Labute approximate surface area is 257 Å². The van der Waals surface area contributed by atoms with E-state index in [4.69, 9.17) is 5.11 Å². The zero-order valence-corrected chi connectivity index (χ0v) is 28.9. The fraction of sp³-hybridized carbons (Fsp3) is 0.650. The quantitative estimate of drug-likeness (QED) is 0.122. The third-order valence-corrected chi connectivity index (χ3v) is 8.02. The van der Waals surface area contributed by atoms with Crippen molar-refractivity contribution in [2.45, 2.75) is 159 Å². The molecule has 0 aromatic rings. The standard InChI is InChI=1S/C40H68O/c1-33(2)17-10-18-34(3)19-11-20-35(4)21-12-22-36(5)23-13-24-37(6)25-14-26-38(7)27-15-28-39(8)29-16-30-40(9)31-32-41/h17,19,21,23,25,27,29,40-41H,10-16,18,20,22,24,26,28,30-32H2,1-9H3/b34-19+,35-21+,36-23+,37-25+,38-27+,39-29+. The zero-order chi connectivity index (χ0) is 30.9. The predicted molar refractivity (Wildman–Crippen MR) is 187 cm³/mol. The average Bonchev–Trinajstić information content (AvgIpc) is 2.88. The fourth-order valence-corrected chi connectivity index (χ4v) is 4.91. The van der Waals surface area contributed by atoms with Gasteiger partial charge in [0.2, 0.25) is 0 Å². The van der Waals surface area contributed by atoms with E-state index < -0.39 is 0 Å². The maximum absolute atomic E-state index is 9.02. The van der Waals surface area contributed by atoms with Crippen molar-refractivity contribution in [3.8, 4) is 0 Å². The van der Waals surface area contributed by atoms with Gasteiger partial charge in [-0.1, -0.05) is 88.5 Å². The molecule has 0 radical (unpaired) electrons. The van der Waals surface area contributed by atoms with Gasteiger partial charge in [0.1, 0.15) is 0 Å². The molecule has 1 heteroatoms. The molecule has 0 rings (SSSR count). The van der Waals surface area contributed by atoms with Gasteiger partial charge in [-0.3, -0.25) is 0 Å². The lowest BCUT2D eigenvalue weighted by atomic mass is 10.0. The van der Waals surface area contributed by atoms with Gasteiger partial charge in [-0.15, -0.1) is 0 Å². The molecule has 0 saturated carbocycles. The largest absolute Gasteiger partial charge is 0.396 e. The Bertz CT molecular complexity index is 895. The Balaban J connectivity index is 4.16. The molecular formula is C40H68O. The van der Waals surface area contributed by atoms with Crippen molar-refractivity contribution in [2.24, 2.45) is 5.92 Å². The first kappa shape index (κ1) is 39.1. The summed E-state index contributed by atoms with van der Waals surface area (Å²) in [5.74, 6) is 0.620. The van der Waals surface area contributed by atoms with Crippen LogP contribution in [0, 0.1) is 5.92 Å². The second-order valence-electron chi connectivity index (χ2n) is 13.0. The molecule has 0 aromatic heterocycles. The topological polar surface area (TPSA) is 20.2 Å². The van der Waals surface area contributed by atoms with Crippen LogP contribution in [0.1, 0.15) is 159 Å². The van der Waals surface area contributed by atoms with E-state index in [1.54, 1.807) is 0 Å². The van der Waals surface area contributed by atoms with E-state index in [0.717, 1.165) is 44.9 Å². The number of aliphatic hydroxyl groups is 1. The summed E-state index contributed by atoms with van der Waals surface area (Å²) in [6.07, 6.45) is 34.2. The van der Waals surface area contributed by atoms with Crippen LogP contribution in [0.5, 0.6) is 0 Å². The molecule has 0 aliphatic heterocycles. The van der Waals surface area contributed by atoms with Crippen molar-refractivity contribution in [3.63, 3.8) is 0 Å². The van der Waals surface area contributed by atoms with E-state index in [2.05, 4.69) is 105 Å². The first-order valence-electron chi connectivity index (χ1n) is 16.7. The molecule has 0 saturated heterocycles. The lowest BCUT2D eigenvalue weighted by Crippen LogP contribution is -1.97. The Morgan fingerprint density at radius 1 is 0.415 bits per heavy atom. The summed E-state index contributed by atoms with van der Waals surface area (Å²) in [7, 11) is 0. The summed E-state index contributed by atoms with van der Waals surface area (Å²) in [5.41, 5.74) is 10.5. The molecule has 1 unspecified atom stereocenters. The van der Waals surface area contributed by atoms with Crippen LogP contribution < -0.4 is 0 Å². The van der Waals surface area contributed by atoms with Crippen LogP contribution >= 0.6 is 0 Å². The summed E-state index contributed by atoms with van der Waals surface area (Å²) in [4.78, 5) is 0. The first-order chi connectivity index (χ1) is 19.5. The van der Waals surface area contributed by atoms with Crippen LogP contribution in [0.4, 0.5) is 0 Å². The minimum Gasteiger partial charge on any atom is -0.396 e. The first-order valence-corrected chi connectivity index (χ1v) is 16.7. The molecule has 0 aromatic carbocycles. The van der Waals surface area contributed by atoms with Crippen LogP contribution in [0.3, 0.4) is 0 Å². The second kappa shape index (κ2) is 25.8. The van der Waals surface area contributed by atoms with Crippen LogP contribution in [0.25, 0.3) is 0 Å². The van der Waals surface area contributed by atoms with E-state index in [-0.39, 0.29) is 0 Å². The molecule has 1 atom stereocenters. The summed E-state index contributed by atoms with van der Waals surface area (Å²) in [5, 5.41) is 9.02. The van der Waals surface area contributed by atoms with Crippen LogP contribution in [0.2, 0.25) is 0 Å². The van der Waals surface area contributed by atoms with Crippen LogP contribution in [0.15, 0.2) is 81.5 Å². The van der Waals surface area contributed by atoms with E-state index in [1.165, 1.54) is 90.4 Å². The molecule has 41 heavy (non-hydrogen) atoms. The number of allylic oxidation sites excluding steroid dienone is 14. The lowest BCUT2D eigenvalue weighted by molar-refractivity contribution is 0.259. The van der Waals surface area contributed by atoms with Crippen molar-refractivity contribution in [2.75, 3.05) is 6.61 Å². The Morgan fingerprint density at radius 3 is 0.951 bits per heavy atom. The Hall–Kier alpha value is -1.86. The third-order valence-electron chi connectivity index (χ3n) is 8.02. The molecule has 0 fully saturated rings. The van der Waals surface area contributed by atoms with Gasteiger partial charge in [0.15, 0.2) is 0 Å². The van der Waals surface area contributed by atoms with Crippen molar-refractivity contribution < 1.29 is 5.11 Å². The molecule has 0 spiro atoms. The van der Waals surface area contributed by atoms with Gasteiger partial charge < -0.3 is 5.11 Å². The molecule has 234 valence electrons. The summed E-state index contributed by atoms with van der Waals surface area (Å²) >= 11 is 0. The van der Waals surface area contributed by atoms with Crippen molar-refractivity contribution in [1.82, 2.24) is 0 Å². The SMILES string of the molecule is CC(C)=CCC/C(C)=C/CC/C(C)=C/CC/C(C)=C/CC/C(C)=C/CC/C(C)=C/CC/C(C)=C/CCC(C)CCO. The van der Waals surface area contributed by atoms with E-state index in [9.17, 15) is 0 Å². The smallest absolute Gasteiger partial charge is 0.0433 e. The summed E-state index contributed by atoms with van der Waals surface area (Å²) in [6.45, 7) is 20.6. The Kier molecular flexibility index (Phi) is 24.6. The van der Waals surface area contributed by atoms with Crippen molar-refractivity contribution in [3.05, 3.63) is 81.5 Å². The van der Waals surface area contributed by atoms with Gasteiger partial charge in [0.05, 0.1) is 0 Å². The number of hydrogen-bond donors (Lipinski definition) is 1. The van der Waals surface area contributed by atoms with Gasteiger partial charge in [0.25, 0.3) is 0 Å². The average molecular weight is 565 g/mol. The van der Waals surface area contributed by atoms with E-state index in [1.807, 2.05) is 0 Å². The molecule has 1 nitrogen and oxygen atoms in total. The highest BCUT2D eigenvalue weighted by molar-refractivity contribution is 5.09. The maximum atomic E-state index is 9.02. The maximum Gasteiger partial charge on any atom is 0.0433 e. The molecule has 0 heterocycles. The van der Waals surface area contributed by atoms with Gasteiger partial charge in [-0.05, 0) is 158 Å². The fourth-order valence-electron chi connectivity index (χ4n) is 4.91. The molecule has 0 aliphatic rings. The highest BCUT2D eigenvalue weighted by Crippen LogP contribution is 2.17. The minimum absolute atomic E-state index is 0.313. The molecule has 0 amide bonds. The van der Waals surface area contributed by atoms with Gasteiger partial charge in [0, 0.05) is 6.61 Å². The van der Waals surface area contributed by atoms with Crippen molar-refractivity contribution >= 4 is 0 Å². The molecule has 0 aliphatic carbocycles.